The first kappa shape index (κ1) is 23.1. The second-order valence-electron chi connectivity index (χ2n) is 9.07. The Hall–Kier alpha value is -1.59. The van der Waals surface area contributed by atoms with Crippen LogP contribution < -0.4 is 10.1 Å². The van der Waals surface area contributed by atoms with E-state index in [1.54, 1.807) is 0 Å². The predicted octanol–water partition coefficient (Wildman–Crippen LogP) is 5.26. The van der Waals surface area contributed by atoms with Crippen molar-refractivity contribution in [3.63, 3.8) is 0 Å². The van der Waals surface area contributed by atoms with Crippen molar-refractivity contribution in [3.8, 4) is 5.75 Å². The highest BCUT2D eigenvalue weighted by molar-refractivity contribution is 5.97. The number of nitrogens with one attached hydrogen (secondary N) is 1. The molecular weight excluding hydrogens is 376 g/mol. The number of likely N-dealkylation sites (tertiary alicyclic amines) is 1. The summed E-state index contributed by atoms with van der Waals surface area (Å²) in [7, 11) is 0. The van der Waals surface area contributed by atoms with Crippen LogP contribution in [0, 0.1) is 5.92 Å². The second kappa shape index (κ2) is 11.7. The molecular formula is C25H40N2O3. The van der Waals surface area contributed by atoms with Gasteiger partial charge in [0.25, 0.3) is 5.91 Å². The first-order chi connectivity index (χ1) is 14.6. The number of amides is 1. The highest BCUT2D eigenvalue weighted by Crippen LogP contribution is 2.32. The molecule has 5 heteroatoms. The maximum Gasteiger partial charge on any atom is 0.256 e. The molecule has 1 aliphatic heterocycles. The van der Waals surface area contributed by atoms with Crippen LogP contribution >= 0.6 is 0 Å². The summed E-state index contributed by atoms with van der Waals surface area (Å²) in [6.45, 7) is 9.16. The number of anilines is 1. The van der Waals surface area contributed by atoms with Crippen LogP contribution in [0.1, 0.15) is 71.6 Å². The maximum atomic E-state index is 13.0. The fraction of sp³-hybridized carbons (Fsp3) is 0.720. The van der Waals surface area contributed by atoms with Crippen molar-refractivity contribution in [3.05, 3.63) is 24.3 Å². The summed E-state index contributed by atoms with van der Waals surface area (Å²) in [6, 6.07) is 7.74. The third kappa shape index (κ3) is 6.71. The molecule has 2 aliphatic rings. The van der Waals surface area contributed by atoms with Crippen LogP contribution in [0.4, 0.5) is 5.69 Å². The van der Waals surface area contributed by atoms with E-state index in [9.17, 15) is 4.79 Å². The van der Waals surface area contributed by atoms with Crippen LogP contribution in [0.2, 0.25) is 0 Å². The molecule has 1 heterocycles. The normalized spacial score (nSPS) is 22.3. The SMILES string of the molecule is CCOC1(C(=O)Nc2ccc(OCCCN3CCC[C@@H](C)C3)cc2)CCCCCC1. The summed E-state index contributed by atoms with van der Waals surface area (Å²) < 4.78 is 11.9. The lowest BCUT2D eigenvalue weighted by atomic mass is 9.93. The fourth-order valence-electron chi connectivity index (χ4n) is 4.86. The molecule has 1 saturated heterocycles. The fourth-order valence-corrected chi connectivity index (χ4v) is 4.86. The molecule has 1 atom stereocenters. The van der Waals surface area contributed by atoms with Crippen molar-refractivity contribution in [1.29, 1.82) is 0 Å². The summed E-state index contributed by atoms with van der Waals surface area (Å²) >= 11 is 0. The molecule has 3 rings (SSSR count). The van der Waals surface area contributed by atoms with Gasteiger partial charge in [0.1, 0.15) is 11.4 Å². The average molecular weight is 417 g/mol. The van der Waals surface area contributed by atoms with Gasteiger partial charge >= 0.3 is 0 Å². The zero-order chi connectivity index (χ0) is 21.2. The van der Waals surface area contributed by atoms with E-state index in [1.165, 1.54) is 38.8 Å². The van der Waals surface area contributed by atoms with Crippen LogP contribution in [0.3, 0.4) is 0 Å². The summed E-state index contributed by atoms with van der Waals surface area (Å²) in [5, 5.41) is 3.08. The molecule has 168 valence electrons. The quantitative estimate of drug-likeness (QED) is 0.441. The van der Waals surface area contributed by atoms with Gasteiger partial charge in [-0.3, -0.25) is 4.79 Å². The lowest BCUT2D eigenvalue weighted by Gasteiger charge is -2.31. The molecule has 2 fully saturated rings. The molecule has 1 aromatic carbocycles. The van der Waals surface area contributed by atoms with E-state index in [2.05, 4.69) is 17.1 Å². The maximum absolute atomic E-state index is 13.0. The van der Waals surface area contributed by atoms with Gasteiger partial charge in [0, 0.05) is 25.4 Å². The Morgan fingerprint density at radius 1 is 1.13 bits per heavy atom. The summed E-state index contributed by atoms with van der Waals surface area (Å²) in [5.41, 5.74) is 0.129. The molecule has 0 aromatic heterocycles. The van der Waals surface area contributed by atoms with Gasteiger partial charge in [-0.1, -0.05) is 32.6 Å². The van der Waals surface area contributed by atoms with Gasteiger partial charge in [-0.25, -0.2) is 0 Å². The number of hydrogen-bond acceptors (Lipinski definition) is 4. The minimum absolute atomic E-state index is 0.00400. The largest absolute Gasteiger partial charge is 0.494 e. The smallest absolute Gasteiger partial charge is 0.256 e. The van der Waals surface area contributed by atoms with Gasteiger partial charge in [0.2, 0.25) is 0 Å². The number of ether oxygens (including phenoxy) is 2. The van der Waals surface area contributed by atoms with Crippen LogP contribution in [-0.2, 0) is 9.53 Å². The molecule has 1 amide bonds. The van der Waals surface area contributed by atoms with Crippen molar-refractivity contribution in [2.75, 3.05) is 38.2 Å². The minimum atomic E-state index is -0.674. The highest BCUT2D eigenvalue weighted by atomic mass is 16.5. The number of nitrogens with zero attached hydrogens (tertiary/aromatic N) is 1. The van der Waals surface area contributed by atoms with Crippen molar-refractivity contribution in [1.82, 2.24) is 4.90 Å². The molecule has 1 aromatic rings. The highest BCUT2D eigenvalue weighted by Gasteiger charge is 2.39. The Balaban J connectivity index is 1.44. The van der Waals surface area contributed by atoms with E-state index in [-0.39, 0.29) is 5.91 Å². The number of hydrogen-bond donors (Lipinski definition) is 1. The van der Waals surface area contributed by atoms with Gasteiger partial charge < -0.3 is 19.7 Å². The summed E-state index contributed by atoms with van der Waals surface area (Å²) in [5.74, 6) is 1.67. The number of piperidine rings is 1. The standard InChI is InChI=1S/C25H40N2O3/c1-3-30-25(15-6-4-5-7-16-25)24(28)26-22-11-13-23(14-12-22)29-19-9-18-27-17-8-10-21(2)20-27/h11-14,21H,3-10,15-20H2,1-2H3,(H,26,28)/t21-/m1/s1. The Labute approximate surface area is 182 Å². The lowest BCUT2D eigenvalue weighted by molar-refractivity contribution is -0.143. The summed E-state index contributed by atoms with van der Waals surface area (Å²) in [6.07, 6.45) is 9.82. The van der Waals surface area contributed by atoms with E-state index in [1.807, 2.05) is 31.2 Å². The molecule has 0 unspecified atom stereocenters. The van der Waals surface area contributed by atoms with E-state index >= 15 is 0 Å². The van der Waals surface area contributed by atoms with Crippen LogP contribution in [-0.4, -0.2) is 49.3 Å². The van der Waals surface area contributed by atoms with Gasteiger partial charge in [0.15, 0.2) is 0 Å². The average Bonchev–Trinajstić information content (AvgIpc) is 2.99. The van der Waals surface area contributed by atoms with Gasteiger partial charge in [-0.15, -0.1) is 0 Å². The Morgan fingerprint density at radius 3 is 2.53 bits per heavy atom. The van der Waals surface area contributed by atoms with E-state index < -0.39 is 5.60 Å². The second-order valence-corrected chi connectivity index (χ2v) is 9.07. The van der Waals surface area contributed by atoms with E-state index in [4.69, 9.17) is 9.47 Å². The number of carbonyl (C=O) groups excluding carboxylic acids is 1. The third-order valence-electron chi connectivity index (χ3n) is 6.49. The zero-order valence-corrected chi connectivity index (χ0v) is 19.0. The van der Waals surface area contributed by atoms with Crippen LogP contribution in [0.5, 0.6) is 5.75 Å². The Bertz CT molecular complexity index is 638. The lowest BCUT2D eigenvalue weighted by Crippen LogP contribution is -2.45. The number of benzene rings is 1. The first-order valence-electron chi connectivity index (χ1n) is 12.0. The van der Waals surface area contributed by atoms with Crippen LogP contribution in [0.15, 0.2) is 24.3 Å². The monoisotopic (exact) mass is 416 g/mol. The Kier molecular flexibility index (Phi) is 9.01. The van der Waals surface area contributed by atoms with Gasteiger partial charge in [-0.2, -0.15) is 0 Å². The molecule has 1 aliphatic carbocycles. The molecule has 1 saturated carbocycles. The molecule has 0 bridgehead atoms. The van der Waals surface area contributed by atoms with Gasteiger partial charge in [-0.05, 0) is 75.8 Å². The van der Waals surface area contributed by atoms with Crippen molar-refractivity contribution < 1.29 is 14.3 Å². The minimum Gasteiger partial charge on any atom is -0.494 e. The van der Waals surface area contributed by atoms with Crippen molar-refractivity contribution >= 4 is 11.6 Å². The van der Waals surface area contributed by atoms with E-state index in [0.717, 1.165) is 62.6 Å². The summed E-state index contributed by atoms with van der Waals surface area (Å²) in [4.78, 5) is 15.6. The van der Waals surface area contributed by atoms with Gasteiger partial charge in [0.05, 0.1) is 6.61 Å². The first-order valence-corrected chi connectivity index (χ1v) is 12.0. The van der Waals surface area contributed by atoms with Crippen molar-refractivity contribution in [2.24, 2.45) is 5.92 Å². The Morgan fingerprint density at radius 2 is 1.87 bits per heavy atom. The molecule has 0 radical (unpaired) electrons. The number of carbonyl (C=O) groups is 1. The zero-order valence-electron chi connectivity index (χ0n) is 19.0. The van der Waals surface area contributed by atoms with Crippen molar-refractivity contribution in [2.45, 2.75) is 77.2 Å². The van der Waals surface area contributed by atoms with E-state index in [0.29, 0.717) is 6.61 Å². The molecule has 0 spiro atoms. The topological polar surface area (TPSA) is 50.8 Å². The predicted molar refractivity (Wildman–Crippen MR) is 122 cm³/mol. The molecule has 1 N–H and O–H groups in total. The third-order valence-corrected chi connectivity index (χ3v) is 6.49. The molecule has 5 nitrogen and oxygen atoms in total. The molecule has 30 heavy (non-hydrogen) atoms. The number of rotatable bonds is 9. The van der Waals surface area contributed by atoms with Crippen LogP contribution in [0.25, 0.3) is 0 Å².